The van der Waals surface area contributed by atoms with Crippen LogP contribution in [0.3, 0.4) is 0 Å². The van der Waals surface area contributed by atoms with Crippen molar-refractivity contribution in [2.45, 2.75) is 39.7 Å². The van der Waals surface area contributed by atoms with Crippen LogP contribution in [-0.4, -0.2) is 16.9 Å². The van der Waals surface area contributed by atoms with Gasteiger partial charge in [0.25, 0.3) is 5.91 Å². The first-order valence-corrected chi connectivity index (χ1v) is 8.56. The van der Waals surface area contributed by atoms with Crippen LogP contribution >= 0.6 is 0 Å². The fourth-order valence-electron chi connectivity index (χ4n) is 4.87. The SMILES string of the molecule is C[C@@H]1C(NC(=O)c2cc3c(F)cc(F)cc3[nH]2)CC2C[C@@H]1C2(C)C. The second-order valence-electron chi connectivity index (χ2n) is 8.07. The molecule has 3 aliphatic rings. The zero-order valence-electron chi connectivity index (χ0n) is 14.1. The van der Waals surface area contributed by atoms with E-state index in [9.17, 15) is 13.6 Å². The Morgan fingerprint density at radius 1 is 1.25 bits per heavy atom. The highest BCUT2D eigenvalue weighted by Gasteiger charge is 2.56. The van der Waals surface area contributed by atoms with Crippen LogP contribution in [0, 0.1) is 34.8 Å². The summed E-state index contributed by atoms with van der Waals surface area (Å²) in [6.07, 6.45) is 2.23. The molecule has 128 valence electrons. The van der Waals surface area contributed by atoms with Crippen molar-refractivity contribution in [2.24, 2.45) is 23.2 Å². The van der Waals surface area contributed by atoms with Crippen LogP contribution in [0.15, 0.2) is 18.2 Å². The highest BCUT2D eigenvalue weighted by molar-refractivity contribution is 5.98. The number of carbonyl (C=O) groups excluding carboxylic acids is 1. The van der Waals surface area contributed by atoms with Crippen molar-refractivity contribution < 1.29 is 13.6 Å². The Labute approximate surface area is 139 Å². The Morgan fingerprint density at radius 3 is 2.67 bits per heavy atom. The third-order valence-corrected chi connectivity index (χ3v) is 6.57. The average molecular weight is 332 g/mol. The molecule has 3 fully saturated rings. The Kier molecular flexibility index (Phi) is 3.28. The smallest absolute Gasteiger partial charge is 0.267 e. The number of halogens is 2. The van der Waals surface area contributed by atoms with E-state index in [-0.39, 0.29) is 23.0 Å². The number of amides is 1. The third-order valence-electron chi connectivity index (χ3n) is 6.57. The number of H-pyrrole nitrogens is 1. The number of benzene rings is 1. The maximum absolute atomic E-state index is 13.8. The lowest BCUT2D eigenvalue weighted by Gasteiger charge is -2.62. The topological polar surface area (TPSA) is 44.9 Å². The molecule has 0 saturated heterocycles. The summed E-state index contributed by atoms with van der Waals surface area (Å²) in [6, 6.07) is 3.63. The Balaban J connectivity index is 1.54. The summed E-state index contributed by atoms with van der Waals surface area (Å²) in [6.45, 7) is 6.83. The number of fused-ring (bicyclic) bond motifs is 3. The van der Waals surface area contributed by atoms with Crippen LogP contribution in [-0.2, 0) is 0 Å². The van der Waals surface area contributed by atoms with E-state index < -0.39 is 11.6 Å². The quantitative estimate of drug-likeness (QED) is 0.848. The monoisotopic (exact) mass is 332 g/mol. The molecule has 3 saturated carbocycles. The van der Waals surface area contributed by atoms with Crippen molar-refractivity contribution in [3.05, 3.63) is 35.5 Å². The molecule has 1 amide bonds. The van der Waals surface area contributed by atoms with Crippen LogP contribution in [0.1, 0.15) is 44.1 Å². The molecule has 5 heteroatoms. The van der Waals surface area contributed by atoms with Gasteiger partial charge >= 0.3 is 0 Å². The van der Waals surface area contributed by atoms with Crippen molar-refractivity contribution in [2.75, 3.05) is 0 Å². The fraction of sp³-hybridized carbons (Fsp3) is 0.526. The molecule has 24 heavy (non-hydrogen) atoms. The first kappa shape index (κ1) is 15.6. The summed E-state index contributed by atoms with van der Waals surface area (Å²) in [5.74, 6) is 0.148. The maximum atomic E-state index is 13.8. The first-order valence-electron chi connectivity index (χ1n) is 8.56. The van der Waals surface area contributed by atoms with Crippen LogP contribution < -0.4 is 5.32 Å². The van der Waals surface area contributed by atoms with Crippen LogP contribution in [0.4, 0.5) is 8.78 Å². The van der Waals surface area contributed by atoms with Gasteiger partial charge in [-0.1, -0.05) is 20.8 Å². The predicted molar refractivity (Wildman–Crippen MR) is 88.6 cm³/mol. The minimum absolute atomic E-state index is 0.141. The molecule has 0 aliphatic heterocycles. The van der Waals surface area contributed by atoms with E-state index in [0.717, 1.165) is 12.5 Å². The van der Waals surface area contributed by atoms with E-state index in [0.29, 0.717) is 28.7 Å². The lowest BCUT2D eigenvalue weighted by atomic mass is 9.45. The van der Waals surface area contributed by atoms with E-state index in [1.54, 1.807) is 0 Å². The molecule has 2 bridgehead atoms. The molecule has 2 unspecified atom stereocenters. The molecule has 4 atom stereocenters. The van der Waals surface area contributed by atoms with Crippen LogP contribution in [0.2, 0.25) is 0 Å². The summed E-state index contributed by atoms with van der Waals surface area (Å²) in [4.78, 5) is 15.4. The van der Waals surface area contributed by atoms with Gasteiger partial charge in [-0.25, -0.2) is 8.78 Å². The van der Waals surface area contributed by atoms with E-state index in [2.05, 4.69) is 31.1 Å². The summed E-state index contributed by atoms with van der Waals surface area (Å²) in [5.41, 5.74) is 0.945. The van der Waals surface area contributed by atoms with E-state index in [1.807, 2.05) is 0 Å². The zero-order chi connectivity index (χ0) is 17.2. The molecular weight excluding hydrogens is 310 g/mol. The predicted octanol–water partition coefficient (Wildman–Crippen LogP) is 4.25. The Bertz CT molecular complexity index is 826. The number of aromatic amines is 1. The van der Waals surface area contributed by atoms with Crippen molar-refractivity contribution in [1.29, 1.82) is 0 Å². The number of carbonyl (C=O) groups is 1. The third kappa shape index (κ3) is 2.17. The number of rotatable bonds is 2. The minimum Gasteiger partial charge on any atom is -0.350 e. The highest BCUT2D eigenvalue weighted by Crippen LogP contribution is 2.61. The van der Waals surface area contributed by atoms with Crippen molar-refractivity contribution >= 4 is 16.8 Å². The lowest BCUT2D eigenvalue weighted by Crippen LogP contribution is -2.60. The van der Waals surface area contributed by atoms with Gasteiger partial charge in [0.2, 0.25) is 0 Å². The summed E-state index contributed by atoms with van der Waals surface area (Å²) in [5, 5.41) is 3.33. The second kappa shape index (κ2) is 5.04. The lowest BCUT2D eigenvalue weighted by molar-refractivity contribution is -0.113. The van der Waals surface area contributed by atoms with Gasteiger partial charge < -0.3 is 10.3 Å². The number of hydrogen-bond donors (Lipinski definition) is 2. The average Bonchev–Trinajstić information content (AvgIpc) is 2.93. The summed E-state index contributed by atoms with van der Waals surface area (Å²) >= 11 is 0. The first-order chi connectivity index (χ1) is 11.3. The standard InChI is InChI=1S/C19H22F2N2O/c1-9-13-4-10(19(13,2)3)5-15(9)23-18(24)17-8-12-14(21)6-11(20)7-16(12)22-17/h6-10,13,15,22H,4-5H2,1-3H3,(H,23,24)/t9-,10?,13-,15?/m0/s1. The summed E-state index contributed by atoms with van der Waals surface area (Å²) < 4.78 is 27.1. The Hall–Kier alpha value is -1.91. The van der Waals surface area contributed by atoms with E-state index >= 15 is 0 Å². The number of aromatic nitrogens is 1. The zero-order valence-corrected chi connectivity index (χ0v) is 14.1. The van der Waals surface area contributed by atoms with E-state index in [1.165, 1.54) is 18.6 Å². The fourth-order valence-corrected chi connectivity index (χ4v) is 4.87. The van der Waals surface area contributed by atoms with Gasteiger partial charge in [0.1, 0.15) is 17.3 Å². The normalized spacial score (nSPS) is 30.9. The molecule has 1 aromatic heterocycles. The largest absolute Gasteiger partial charge is 0.350 e. The molecule has 0 radical (unpaired) electrons. The maximum Gasteiger partial charge on any atom is 0.267 e. The van der Waals surface area contributed by atoms with Gasteiger partial charge in [-0.05, 0) is 48.1 Å². The van der Waals surface area contributed by atoms with Gasteiger partial charge in [0.05, 0.1) is 5.52 Å². The molecule has 5 rings (SSSR count). The van der Waals surface area contributed by atoms with Crippen molar-refractivity contribution in [3.8, 4) is 0 Å². The molecular formula is C19H22F2N2O. The van der Waals surface area contributed by atoms with Crippen molar-refractivity contribution in [1.82, 2.24) is 10.3 Å². The van der Waals surface area contributed by atoms with E-state index in [4.69, 9.17) is 0 Å². The van der Waals surface area contributed by atoms with Gasteiger partial charge in [-0.3, -0.25) is 4.79 Å². The second-order valence-corrected chi connectivity index (χ2v) is 8.07. The molecule has 3 aliphatic carbocycles. The van der Waals surface area contributed by atoms with Crippen LogP contribution in [0.5, 0.6) is 0 Å². The molecule has 2 aromatic rings. The molecule has 1 aromatic carbocycles. The highest BCUT2D eigenvalue weighted by atomic mass is 19.1. The number of nitrogens with one attached hydrogen (secondary N) is 2. The van der Waals surface area contributed by atoms with Gasteiger partial charge in [0.15, 0.2) is 0 Å². The van der Waals surface area contributed by atoms with Crippen LogP contribution in [0.25, 0.3) is 10.9 Å². The van der Waals surface area contributed by atoms with Crippen molar-refractivity contribution in [3.63, 3.8) is 0 Å². The summed E-state index contributed by atoms with van der Waals surface area (Å²) in [7, 11) is 0. The van der Waals surface area contributed by atoms with Gasteiger partial charge in [-0.2, -0.15) is 0 Å². The van der Waals surface area contributed by atoms with Gasteiger partial charge in [0, 0.05) is 17.5 Å². The molecule has 2 N–H and O–H groups in total. The molecule has 0 spiro atoms. The van der Waals surface area contributed by atoms with Gasteiger partial charge in [-0.15, -0.1) is 0 Å². The minimum atomic E-state index is -0.658. The molecule has 1 heterocycles. The Morgan fingerprint density at radius 2 is 2.00 bits per heavy atom. The number of hydrogen-bond acceptors (Lipinski definition) is 1. The molecule has 3 nitrogen and oxygen atoms in total.